The number of carbonyl (C=O) groups excluding carboxylic acids is 1. The van der Waals surface area contributed by atoms with Crippen LogP contribution in [-0.4, -0.2) is 30.4 Å². The quantitative estimate of drug-likeness (QED) is 0.904. The molecule has 1 aromatic rings. The maximum Gasteiger partial charge on any atom is 0.225 e. The lowest BCUT2D eigenvalue weighted by atomic mass is 9.95. The van der Waals surface area contributed by atoms with Crippen LogP contribution in [0.25, 0.3) is 0 Å². The fourth-order valence-electron chi connectivity index (χ4n) is 2.85. The number of likely N-dealkylation sites (tertiary alicyclic amines) is 1. The van der Waals surface area contributed by atoms with Gasteiger partial charge >= 0.3 is 0 Å². The molecule has 0 aliphatic carbocycles. The van der Waals surface area contributed by atoms with Crippen molar-refractivity contribution >= 4 is 11.6 Å². The lowest BCUT2D eigenvalue weighted by molar-refractivity contribution is -0.116. The molecule has 1 atom stereocenters. The monoisotopic (exact) mass is 285 g/mol. The molecule has 112 valence electrons. The number of benzene rings is 1. The number of piperidine rings is 1. The van der Waals surface area contributed by atoms with Crippen molar-refractivity contribution in [3.05, 3.63) is 29.8 Å². The van der Waals surface area contributed by atoms with Crippen molar-refractivity contribution in [1.29, 1.82) is 5.26 Å². The van der Waals surface area contributed by atoms with Gasteiger partial charge in [0.25, 0.3) is 0 Å². The molecule has 1 N–H and O–H groups in total. The third-order valence-electron chi connectivity index (χ3n) is 4.16. The number of para-hydroxylation sites is 1. The number of hydrogen-bond donors (Lipinski definition) is 1. The number of nitriles is 1. The van der Waals surface area contributed by atoms with Gasteiger partial charge in [-0.05, 0) is 37.4 Å². The Labute approximate surface area is 126 Å². The van der Waals surface area contributed by atoms with Crippen LogP contribution in [0.3, 0.4) is 0 Å². The number of anilines is 1. The molecule has 1 fully saturated rings. The molecule has 1 aliphatic rings. The summed E-state index contributed by atoms with van der Waals surface area (Å²) in [6.45, 7) is 5.24. The molecule has 4 heteroatoms. The highest BCUT2D eigenvalue weighted by Gasteiger charge is 2.18. The molecule has 0 aromatic heterocycles. The van der Waals surface area contributed by atoms with Gasteiger partial charge in [-0.2, -0.15) is 5.26 Å². The maximum absolute atomic E-state index is 12.0. The van der Waals surface area contributed by atoms with Crippen LogP contribution in [-0.2, 0) is 4.79 Å². The molecular formula is C17H23N3O. The van der Waals surface area contributed by atoms with Crippen molar-refractivity contribution in [2.45, 2.75) is 32.6 Å². The van der Waals surface area contributed by atoms with E-state index in [2.05, 4.69) is 23.2 Å². The standard InChI is InChI=1S/C17H23N3O/c1-2-14-6-5-10-20(13-14)11-9-17(21)19-16-8-4-3-7-15(16)12-18/h3-4,7-8,14H,2,5-6,9-11,13H2,1H3,(H,19,21). The predicted molar refractivity (Wildman–Crippen MR) is 83.9 cm³/mol. The molecule has 1 heterocycles. The fraction of sp³-hybridized carbons (Fsp3) is 0.529. The van der Waals surface area contributed by atoms with Gasteiger partial charge in [-0.25, -0.2) is 0 Å². The van der Waals surface area contributed by atoms with Gasteiger partial charge in [-0.15, -0.1) is 0 Å². The third-order valence-corrected chi connectivity index (χ3v) is 4.16. The maximum atomic E-state index is 12.0. The van der Waals surface area contributed by atoms with Crippen molar-refractivity contribution in [3.8, 4) is 6.07 Å². The minimum atomic E-state index is -0.0173. The number of carbonyl (C=O) groups is 1. The van der Waals surface area contributed by atoms with Gasteiger partial charge in [0.1, 0.15) is 6.07 Å². The first-order chi connectivity index (χ1) is 10.2. The molecule has 0 bridgehead atoms. The normalized spacial score (nSPS) is 19.0. The highest BCUT2D eigenvalue weighted by Crippen LogP contribution is 2.19. The van der Waals surface area contributed by atoms with E-state index in [9.17, 15) is 4.79 Å². The summed E-state index contributed by atoms with van der Waals surface area (Å²) in [4.78, 5) is 14.4. The number of hydrogen-bond acceptors (Lipinski definition) is 3. The lowest BCUT2D eigenvalue weighted by Crippen LogP contribution is -2.37. The van der Waals surface area contributed by atoms with Crippen molar-refractivity contribution in [1.82, 2.24) is 4.90 Å². The summed E-state index contributed by atoms with van der Waals surface area (Å²) in [7, 11) is 0. The van der Waals surface area contributed by atoms with E-state index in [1.54, 1.807) is 18.2 Å². The first kappa shape index (κ1) is 15.5. The van der Waals surface area contributed by atoms with Crippen LogP contribution in [0.15, 0.2) is 24.3 Å². The second kappa shape index (κ2) is 7.80. The van der Waals surface area contributed by atoms with Crippen molar-refractivity contribution < 1.29 is 4.79 Å². The fourth-order valence-corrected chi connectivity index (χ4v) is 2.85. The number of nitrogens with zero attached hydrogens (tertiary/aromatic N) is 2. The summed E-state index contributed by atoms with van der Waals surface area (Å²) < 4.78 is 0. The molecule has 2 rings (SSSR count). The van der Waals surface area contributed by atoms with Gasteiger partial charge in [-0.3, -0.25) is 4.79 Å². The number of amides is 1. The van der Waals surface area contributed by atoms with Crippen LogP contribution < -0.4 is 5.32 Å². The summed E-state index contributed by atoms with van der Waals surface area (Å²) in [5.74, 6) is 0.762. The average Bonchev–Trinajstić information content (AvgIpc) is 2.53. The van der Waals surface area contributed by atoms with Crippen LogP contribution in [0.2, 0.25) is 0 Å². The molecule has 1 saturated heterocycles. The minimum absolute atomic E-state index is 0.0173. The predicted octanol–water partition coefficient (Wildman–Crippen LogP) is 3.01. The van der Waals surface area contributed by atoms with Crippen LogP contribution in [0.4, 0.5) is 5.69 Å². The van der Waals surface area contributed by atoms with Gasteiger partial charge in [0.05, 0.1) is 11.3 Å². The van der Waals surface area contributed by atoms with E-state index in [1.165, 1.54) is 19.3 Å². The van der Waals surface area contributed by atoms with Gasteiger partial charge in [0.2, 0.25) is 5.91 Å². The number of nitrogens with one attached hydrogen (secondary N) is 1. The van der Waals surface area contributed by atoms with E-state index in [0.29, 0.717) is 17.7 Å². The van der Waals surface area contributed by atoms with Crippen LogP contribution in [0.5, 0.6) is 0 Å². The topological polar surface area (TPSA) is 56.1 Å². The van der Waals surface area contributed by atoms with Crippen molar-refractivity contribution in [2.75, 3.05) is 25.0 Å². The molecule has 4 nitrogen and oxygen atoms in total. The molecule has 0 saturated carbocycles. The minimum Gasteiger partial charge on any atom is -0.325 e. The van der Waals surface area contributed by atoms with E-state index in [4.69, 9.17) is 5.26 Å². The van der Waals surface area contributed by atoms with E-state index in [-0.39, 0.29) is 5.91 Å². The summed E-state index contributed by atoms with van der Waals surface area (Å²) in [6.07, 6.45) is 4.25. The summed E-state index contributed by atoms with van der Waals surface area (Å²) in [6, 6.07) is 9.20. The Morgan fingerprint density at radius 1 is 1.48 bits per heavy atom. The van der Waals surface area contributed by atoms with Gasteiger partial charge in [0, 0.05) is 19.5 Å². The van der Waals surface area contributed by atoms with Crippen molar-refractivity contribution in [3.63, 3.8) is 0 Å². The van der Waals surface area contributed by atoms with E-state index < -0.39 is 0 Å². The Hall–Kier alpha value is -1.86. The smallest absolute Gasteiger partial charge is 0.225 e. The van der Waals surface area contributed by atoms with Crippen LogP contribution in [0, 0.1) is 17.2 Å². The Kier molecular flexibility index (Phi) is 5.77. The second-order valence-electron chi connectivity index (χ2n) is 5.67. The van der Waals surface area contributed by atoms with E-state index in [0.717, 1.165) is 25.6 Å². The molecule has 1 aliphatic heterocycles. The molecule has 1 amide bonds. The van der Waals surface area contributed by atoms with Gasteiger partial charge < -0.3 is 10.2 Å². The van der Waals surface area contributed by atoms with Crippen molar-refractivity contribution in [2.24, 2.45) is 5.92 Å². The first-order valence-electron chi connectivity index (χ1n) is 7.74. The molecule has 21 heavy (non-hydrogen) atoms. The Balaban J connectivity index is 1.81. The summed E-state index contributed by atoms with van der Waals surface area (Å²) in [5.41, 5.74) is 1.12. The average molecular weight is 285 g/mol. The molecule has 0 spiro atoms. The zero-order chi connectivity index (χ0) is 15.1. The zero-order valence-electron chi connectivity index (χ0n) is 12.6. The Morgan fingerprint density at radius 3 is 3.05 bits per heavy atom. The SMILES string of the molecule is CCC1CCCN(CCC(=O)Nc2ccccc2C#N)C1. The lowest BCUT2D eigenvalue weighted by Gasteiger charge is -2.32. The third kappa shape index (κ3) is 4.57. The zero-order valence-corrected chi connectivity index (χ0v) is 12.6. The highest BCUT2D eigenvalue weighted by molar-refractivity contribution is 5.92. The first-order valence-corrected chi connectivity index (χ1v) is 7.74. The van der Waals surface area contributed by atoms with E-state index >= 15 is 0 Å². The van der Waals surface area contributed by atoms with E-state index in [1.807, 2.05) is 6.07 Å². The highest BCUT2D eigenvalue weighted by atomic mass is 16.1. The molecular weight excluding hydrogens is 262 g/mol. The number of rotatable bonds is 5. The molecule has 0 radical (unpaired) electrons. The van der Waals surface area contributed by atoms with Crippen LogP contribution in [0.1, 0.15) is 38.2 Å². The van der Waals surface area contributed by atoms with Gasteiger partial charge in [-0.1, -0.05) is 25.5 Å². The Bertz CT molecular complexity index is 521. The van der Waals surface area contributed by atoms with Crippen LogP contribution >= 0.6 is 0 Å². The molecule has 1 aromatic carbocycles. The largest absolute Gasteiger partial charge is 0.325 e. The Morgan fingerprint density at radius 2 is 2.29 bits per heavy atom. The summed E-state index contributed by atoms with van der Waals surface area (Å²) in [5, 5.41) is 11.8. The van der Waals surface area contributed by atoms with Gasteiger partial charge in [0.15, 0.2) is 0 Å². The summed E-state index contributed by atoms with van der Waals surface area (Å²) >= 11 is 0. The second-order valence-corrected chi connectivity index (χ2v) is 5.67. The molecule has 1 unspecified atom stereocenters.